The van der Waals surface area contributed by atoms with Crippen molar-refractivity contribution in [2.24, 2.45) is 0 Å². The van der Waals surface area contributed by atoms with E-state index in [1.165, 1.54) is 19.3 Å². The Morgan fingerprint density at radius 3 is 2.48 bits per heavy atom. The average molecular weight is 406 g/mol. The van der Waals surface area contributed by atoms with Gasteiger partial charge in [-0.2, -0.15) is 13.2 Å². The molecule has 0 aliphatic carbocycles. The van der Waals surface area contributed by atoms with Crippen molar-refractivity contribution in [1.82, 2.24) is 10.4 Å². The molecule has 1 saturated heterocycles. The van der Waals surface area contributed by atoms with Crippen LogP contribution in [0.15, 0.2) is 36.4 Å². The van der Waals surface area contributed by atoms with Gasteiger partial charge in [0, 0.05) is 13.0 Å². The Morgan fingerprint density at radius 2 is 1.79 bits per heavy atom. The Labute approximate surface area is 170 Å². The van der Waals surface area contributed by atoms with Crippen LogP contribution in [0.3, 0.4) is 0 Å². The van der Waals surface area contributed by atoms with Crippen LogP contribution >= 0.6 is 0 Å². The minimum atomic E-state index is -4.47. The van der Waals surface area contributed by atoms with E-state index < -0.39 is 12.2 Å². The van der Waals surface area contributed by atoms with Gasteiger partial charge in [0.1, 0.15) is 6.04 Å². The van der Waals surface area contributed by atoms with Gasteiger partial charge in [-0.1, -0.05) is 69.4 Å². The topological polar surface area (TPSA) is 32.3 Å². The van der Waals surface area contributed by atoms with Crippen molar-refractivity contribution in [3.8, 4) is 0 Å². The van der Waals surface area contributed by atoms with Gasteiger partial charge in [0.15, 0.2) is 0 Å². The van der Waals surface area contributed by atoms with Crippen LogP contribution < -0.4 is 5.43 Å². The molecule has 1 aliphatic heterocycles. The predicted octanol–water partition coefficient (Wildman–Crippen LogP) is 6.08. The molecule has 1 N–H and O–H groups in total. The molecule has 1 aliphatic rings. The zero-order valence-corrected chi connectivity index (χ0v) is 16.9. The summed E-state index contributed by atoms with van der Waals surface area (Å²) in [5.74, 6) is -0.368. The smallest absolute Gasteiger partial charge is 0.288 e. The van der Waals surface area contributed by atoms with Crippen LogP contribution in [0.4, 0.5) is 13.2 Å². The van der Waals surface area contributed by atoms with E-state index in [-0.39, 0.29) is 24.4 Å². The molecule has 2 aromatic rings. The molecular weight excluding hydrogens is 377 g/mol. The van der Waals surface area contributed by atoms with Crippen molar-refractivity contribution in [3.63, 3.8) is 0 Å². The van der Waals surface area contributed by atoms with E-state index in [1.807, 2.05) is 24.3 Å². The molecule has 1 atom stereocenters. The van der Waals surface area contributed by atoms with Crippen molar-refractivity contribution in [1.29, 1.82) is 0 Å². The first kappa shape index (κ1) is 21.6. The number of rotatable bonds is 9. The zero-order valence-electron chi connectivity index (χ0n) is 16.9. The van der Waals surface area contributed by atoms with Crippen molar-refractivity contribution in [2.75, 3.05) is 6.54 Å². The van der Waals surface area contributed by atoms with Gasteiger partial charge >= 0.3 is 6.18 Å². The predicted molar refractivity (Wildman–Crippen MR) is 109 cm³/mol. The summed E-state index contributed by atoms with van der Waals surface area (Å²) in [6, 6.07) is 9.09. The van der Waals surface area contributed by atoms with Gasteiger partial charge in [0.2, 0.25) is 5.91 Å². The number of benzene rings is 2. The lowest BCUT2D eigenvalue weighted by molar-refractivity contribution is -0.191. The highest BCUT2D eigenvalue weighted by Crippen LogP contribution is 2.39. The zero-order chi connectivity index (χ0) is 20.9. The maximum absolute atomic E-state index is 13.9. The number of fused-ring (bicyclic) bond motifs is 1. The summed E-state index contributed by atoms with van der Waals surface area (Å²) in [5.41, 5.74) is 3.52. The van der Waals surface area contributed by atoms with E-state index in [0.29, 0.717) is 0 Å². The van der Waals surface area contributed by atoms with E-state index in [9.17, 15) is 18.0 Å². The molecule has 3 rings (SSSR count). The number of amides is 1. The van der Waals surface area contributed by atoms with Gasteiger partial charge in [-0.25, -0.2) is 5.01 Å². The van der Waals surface area contributed by atoms with Crippen LogP contribution in [-0.2, 0) is 11.2 Å². The number of halogens is 3. The Morgan fingerprint density at radius 1 is 1.07 bits per heavy atom. The molecule has 3 nitrogen and oxygen atoms in total. The molecule has 29 heavy (non-hydrogen) atoms. The fourth-order valence-corrected chi connectivity index (χ4v) is 4.11. The second kappa shape index (κ2) is 9.61. The van der Waals surface area contributed by atoms with Crippen LogP contribution in [0.2, 0.25) is 0 Å². The van der Waals surface area contributed by atoms with Crippen LogP contribution in [-0.4, -0.2) is 23.6 Å². The summed E-state index contributed by atoms with van der Waals surface area (Å²) in [4.78, 5) is 11.5. The maximum atomic E-state index is 13.9. The molecule has 0 radical (unpaired) electrons. The number of aryl methyl sites for hydroxylation is 1. The molecule has 6 heteroatoms. The fraction of sp³-hybridized carbons (Fsp3) is 0.522. The quantitative estimate of drug-likeness (QED) is 0.512. The second-order valence-corrected chi connectivity index (χ2v) is 7.84. The SMILES string of the molecule is CCCCCCCCc1cc([C@H](N2CCC(=O)N2)C(F)(F)F)cc2ccccc12. The summed E-state index contributed by atoms with van der Waals surface area (Å²) in [5, 5.41) is 2.85. The first-order valence-corrected chi connectivity index (χ1v) is 10.5. The third kappa shape index (κ3) is 5.50. The average Bonchev–Trinajstić information content (AvgIpc) is 3.09. The third-order valence-corrected chi connectivity index (χ3v) is 5.56. The summed E-state index contributed by atoms with van der Waals surface area (Å²) >= 11 is 0. The normalized spacial score (nSPS) is 16.3. The highest BCUT2D eigenvalue weighted by molar-refractivity contribution is 5.86. The molecular formula is C23H29F3N2O. The summed E-state index contributed by atoms with van der Waals surface area (Å²) in [7, 11) is 0. The van der Waals surface area contributed by atoms with Gasteiger partial charge in [-0.15, -0.1) is 0 Å². The van der Waals surface area contributed by atoms with E-state index >= 15 is 0 Å². The summed E-state index contributed by atoms with van der Waals surface area (Å²) < 4.78 is 41.8. The molecule has 158 valence electrons. The molecule has 0 aromatic heterocycles. The highest BCUT2D eigenvalue weighted by atomic mass is 19.4. The van der Waals surface area contributed by atoms with E-state index in [2.05, 4.69) is 12.3 Å². The van der Waals surface area contributed by atoms with E-state index in [1.54, 1.807) is 12.1 Å². The number of carbonyl (C=O) groups excluding carboxylic acids is 1. The molecule has 0 saturated carbocycles. The number of alkyl halides is 3. The van der Waals surface area contributed by atoms with E-state index in [0.717, 1.165) is 47.0 Å². The Hall–Kier alpha value is -2.08. The molecule has 0 spiro atoms. The maximum Gasteiger partial charge on any atom is 0.409 e. The Kier molecular flexibility index (Phi) is 7.17. The van der Waals surface area contributed by atoms with Gasteiger partial charge in [0.25, 0.3) is 0 Å². The molecule has 1 fully saturated rings. The van der Waals surface area contributed by atoms with Gasteiger partial charge in [-0.3, -0.25) is 10.2 Å². The highest BCUT2D eigenvalue weighted by Gasteiger charge is 2.47. The van der Waals surface area contributed by atoms with Crippen molar-refractivity contribution in [2.45, 2.75) is 70.5 Å². The van der Waals surface area contributed by atoms with Crippen LogP contribution in [0.25, 0.3) is 10.8 Å². The lowest BCUT2D eigenvalue weighted by Gasteiger charge is -2.30. The standard InChI is InChI=1S/C23H29F3N2O/c1-2-3-4-5-6-7-10-17-15-19(16-18-11-8-9-12-20(17)18)22(23(24,25)26)28-14-13-21(29)27-28/h8-9,11-12,15-16,22H,2-7,10,13-14H2,1H3,(H,27,29)/t22-/m0/s1. The number of unbranched alkanes of at least 4 members (excludes halogenated alkanes) is 5. The van der Waals surface area contributed by atoms with Crippen molar-refractivity contribution < 1.29 is 18.0 Å². The summed E-state index contributed by atoms with van der Waals surface area (Å²) in [6.45, 7) is 2.24. The minimum absolute atomic E-state index is 0.0581. The monoisotopic (exact) mass is 406 g/mol. The fourth-order valence-electron chi connectivity index (χ4n) is 4.11. The lowest BCUT2D eigenvalue weighted by Crippen LogP contribution is -2.43. The van der Waals surface area contributed by atoms with Gasteiger partial charge in [-0.05, 0) is 40.8 Å². The molecule has 0 unspecified atom stereocenters. The third-order valence-electron chi connectivity index (χ3n) is 5.56. The molecule has 0 bridgehead atoms. The lowest BCUT2D eigenvalue weighted by atomic mass is 9.93. The molecule has 2 aromatic carbocycles. The van der Waals surface area contributed by atoms with E-state index in [4.69, 9.17) is 0 Å². The summed E-state index contributed by atoms with van der Waals surface area (Å²) in [6.07, 6.45) is 3.22. The van der Waals surface area contributed by atoms with Crippen molar-refractivity contribution in [3.05, 3.63) is 47.5 Å². The number of hydrogen-bond acceptors (Lipinski definition) is 2. The largest absolute Gasteiger partial charge is 0.409 e. The van der Waals surface area contributed by atoms with Crippen LogP contribution in [0, 0.1) is 0 Å². The van der Waals surface area contributed by atoms with Crippen LogP contribution in [0.1, 0.15) is 69.0 Å². The second-order valence-electron chi connectivity index (χ2n) is 7.84. The minimum Gasteiger partial charge on any atom is -0.288 e. The number of nitrogens with one attached hydrogen (secondary N) is 1. The first-order valence-electron chi connectivity index (χ1n) is 10.5. The molecule has 1 amide bonds. The Balaban J connectivity index is 1.87. The van der Waals surface area contributed by atoms with Crippen LogP contribution in [0.5, 0.6) is 0 Å². The number of hydrogen-bond donors (Lipinski definition) is 1. The number of carbonyl (C=O) groups is 1. The van der Waals surface area contributed by atoms with Gasteiger partial charge in [0.05, 0.1) is 0 Å². The Bertz CT molecular complexity index is 834. The van der Waals surface area contributed by atoms with Gasteiger partial charge < -0.3 is 0 Å². The number of nitrogens with zero attached hydrogens (tertiary/aromatic N) is 1. The molecule has 1 heterocycles. The van der Waals surface area contributed by atoms with Crippen molar-refractivity contribution >= 4 is 16.7 Å². The first-order chi connectivity index (χ1) is 13.9. The number of hydrazine groups is 1.